The van der Waals surface area contributed by atoms with Crippen LogP contribution < -0.4 is 14.8 Å². The first-order valence-corrected chi connectivity index (χ1v) is 8.47. The molecule has 2 amide bonds. The summed E-state index contributed by atoms with van der Waals surface area (Å²) < 4.78 is 15.8. The fraction of sp³-hybridized carbons (Fsp3) is 0.368. The Labute approximate surface area is 151 Å². The molecular formula is C19H22N2O5. The summed E-state index contributed by atoms with van der Waals surface area (Å²) >= 11 is 0. The SMILES string of the molecule is COc1cccc(CNC(=O)C2CCCN2C(=O)c2ccco2)c1OC. The number of furan rings is 1. The summed E-state index contributed by atoms with van der Waals surface area (Å²) in [6, 6.07) is 8.27. The molecule has 0 spiro atoms. The predicted molar refractivity (Wildman–Crippen MR) is 94.2 cm³/mol. The van der Waals surface area contributed by atoms with Crippen molar-refractivity contribution in [2.24, 2.45) is 0 Å². The van der Waals surface area contributed by atoms with E-state index in [1.807, 2.05) is 12.1 Å². The monoisotopic (exact) mass is 358 g/mol. The van der Waals surface area contributed by atoms with Gasteiger partial charge in [0.15, 0.2) is 17.3 Å². The second-order valence-electron chi connectivity index (χ2n) is 6.00. The summed E-state index contributed by atoms with van der Waals surface area (Å²) in [5.41, 5.74) is 0.808. The number of para-hydroxylation sites is 1. The maximum atomic E-state index is 12.6. The fourth-order valence-electron chi connectivity index (χ4n) is 3.22. The lowest BCUT2D eigenvalue weighted by atomic mass is 10.1. The average Bonchev–Trinajstić information content (AvgIpc) is 3.36. The molecule has 2 aromatic rings. The van der Waals surface area contributed by atoms with Crippen molar-refractivity contribution in [2.75, 3.05) is 20.8 Å². The molecule has 7 nitrogen and oxygen atoms in total. The largest absolute Gasteiger partial charge is 0.493 e. The van der Waals surface area contributed by atoms with Gasteiger partial charge in [0.1, 0.15) is 6.04 Å². The lowest BCUT2D eigenvalue weighted by molar-refractivity contribution is -0.125. The van der Waals surface area contributed by atoms with Crippen LogP contribution in [-0.2, 0) is 11.3 Å². The lowest BCUT2D eigenvalue weighted by Crippen LogP contribution is -2.45. The van der Waals surface area contributed by atoms with Gasteiger partial charge in [-0.2, -0.15) is 0 Å². The number of benzene rings is 1. The minimum absolute atomic E-state index is 0.188. The van der Waals surface area contributed by atoms with Gasteiger partial charge in [-0.3, -0.25) is 9.59 Å². The van der Waals surface area contributed by atoms with E-state index >= 15 is 0 Å². The van der Waals surface area contributed by atoms with Gasteiger partial charge in [-0.05, 0) is 31.0 Å². The minimum Gasteiger partial charge on any atom is -0.493 e. The van der Waals surface area contributed by atoms with Gasteiger partial charge >= 0.3 is 0 Å². The Bertz CT molecular complexity index is 772. The molecule has 1 aliphatic rings. The van der Waals surface area contributed by atoms with Gasteiger partial charge in [0.25, 0.3) is 5.91 Å². The first-order valence-electron chi connectivity index (χ1n) is 8.47. The maximum Gasteiger partial charge on any atom is 0.290 e. The summed E-state index contributed by atoms with van der Waals surface area (Å²) in [6.45, 7) is 0.832. The quantitative estimate of drug-likeness (QED) is 0.856. The van der Waals surface area contributed by atoms with Crippen molar-refractivity contribution in [3.05, 3.63) is 47.9 Å². The molecule has 3 rings (SSSR count). The van der Waals surface area contributed by atoms with Gasteiger partial charge in [-0.25, -0.2) is 0 Å². The summed E-state index contributed by atoms with van der Waals surface area (Å²) in [6.07, 6.45) is 2.87. The topological polar surface area (TPSA) is 81.0 Å². The molecule has 0 radical (unpaired) electrons. The third-order valence-electron chi connectivity index (χ3n) is 4.49. The first kappa shape index (κ1) is 17.8. The minimum atomic E-state index is -0.496. The van der Waals surface area contributed by atoms with E-state index in [9.17, 15) is 9.59 Å². The number of rotatable bonds is 6. The number of likely N-dealkylation sites (tertiary alicyclic amines) is 1. The molecule has 1 aromatic carbocycles. The molecule has 0 aliphatic carbocycles. The molecule has 2 heterocycles. The number of nitrogens with one attached hydrogen (secondary N) is 1. The molecule has 7 heteroatoms. The Hall–Kier alpha value is -2.96. The number of amides is 2. The second kappa shape index (κ2) is 7.95. The number of ether oxygens (including phenoxy) is 2. The van der Waals surface area contributed by atoms with E-state index in [2.05, 4.69) is 5.32 Å². The van der Waals surface area contributed by atoms with E-state index < -0.39 is 6.04 Å². The molecule has 1 atom stereocenters. The molecule has 0 saturated carbocycles. The highest BCUT2D eigenvalue weighted by Gasteiger charge is 2.35. The van der Waals surface area contributed by atoms with Crippen LogP contribution in [0.3, 0.4) is 0 Å². The third kappa shape index (κ3) is 3.51. The Morgan fingerprint density at radius 2 is 2.08 bits per heavy atom. The van der Waals surface area contributed by atoms with E-state index in [0.717, 1.165) is 12.0 Å². The predicted octanol–water partition coefficient (Wildman–Crippen LogP) is 2.22. The summed E-state index contributed by atoms with van der Waals surface area (Å²) in [7, 11) is 3.13. The number of methoxy groups -OCH3 is 2. The van der Waals surface area contributed by atoms with E-state index in [-0.39, 0.29) is 17.6 Å². The molecule has 1 unspecified atom stereocenters. The normalized spacial score (nSPS) is 16.4. The maximum absolute atomic E-state index is 12.6. The van der Waals surface area contributed by atoms with Gasteiger partial charge in [-0.15, -0.1) is 0 Å². The molecule has 1 N–H and O–H groups in total. The van der Waals surface area contributed by atoms with Crippen LogP contribution in [0.15, 0.2) is 41.0 Å². The zero-order chi connectivity index (χ0) is 18.5. The van der Waals surface area contributed by atoms with Crippen LogP contribution in [0, 0.1) is 0 Å². The number of carbonyl (C=O) groups excluding carboxylic acids is 2. The van der Waals surface area contributed by atoms with E-state index in [4.69, 9.17) is 13.9 Å². The van der Waals surface area contributed by atoms with Gasteiger partial charge in [0, 0.05) is 18.7 Å². The molecule has 1 aliphatic heterocycles. The Kier molecular flexibility index (Phi) is 5.46. The van der Waals surface area contributed by atoms with Crippen LogP contribution in [-0.4, -0.2) is 43.5 Å². The summed E-state index contributed by atoms with van der Waals surface area (Å²) in [5.74, 6) is 0.998. The Balaban J connectivity index is 1.67. The molecule has 0 bridgehead atoms. The van der Waals surface area contributed by atoms with Crippen molar-refractivity contribution in [1.29, 1.82) is 0 Å². The zero-order valence-electron chi connectivity index (χ0n) is 14.9. The van der Waals surface area contributed by atoms with Gasteiger partial charge in [-0.1, -0.05) is 12.1 Å². The van der Waals surface area contributed by atoms with Crippen LogP contribution >= 0.6 is 0 Å². The van der Waals surface area contributed by atoms with Gasteiger partial charge < -0.3 is 24.1 Å². The van der Waals surface area contributed by atoms with Crippen molar-refractivity contribution < 1.29 is 23.5 Å². The highest BCUT2D eigenvalue weighted by Crippen LogP contribution is 2.30. The highest BCUT2D eigenvalue weighted by molar-refractivity contribution is 5.96. The fourth-order valence-corrected chi connectivity index (χ4v) is 3.22. The zero-order valence-corrected chi connectivity index (χ0v) is 14.9. The number of hydrogen-bond acceptors (Lipinski definition) is 5. The smallest absolute Gasteiger partial charge is 0.290 e. The van der Waals surface area contributed by atoms with Crippen LogP contribution in [0.4, 0.5) is 0 Å². The number of carbonyl (C=O) groups is 2. The van der Waals surface area contributed by atoms with Crippen LogP contribution in [0.5, 0.6) is 11.5 Å². The van der Waals surface area contributed by atoms with E-state index in [1.165, 1.54) is 6.26 Å². The molecule has 1 saturated heterocycles. The van der Waals surface area contributed by atoms with E-state index in [0.29, 0.717) is 31.0 Å². The van der Waals surface area contributed by atoms with Crippen LogP contribution in [0.1, 0.15) is 29.0 Å². The number of nitrogens with zero attached hydrogens (tertiary/aromatic N) is 1. The molecule has 26 heavy (non-hydrogen) atoms. The number of hydrogen-bond donors (Lipinski definition) is 1. The van der Waals surface area contributed by atoms with Crippen molar-refractivity contribution in [3.8, 4) is 11.5 Å². The van der Waals surface area contributed by atoms with Gasteiger partial charge in [0.2, 0.25) is 5.91 Å². The first-order chi connectivity index (χ1) is 12.7. The van der Waals surface area contributed by atoms with Crippen molar-refractivity contribution >= 4 is 11.8 Å². The second-order valence-corrected chi connectivity index (χ2v) is 6.00. The van der Waals surface area contributed by atoms with Crippen molar-refractivity contribution in [3.63, 3.8) is 0 Å². The molecule has 138 valence electrons. The van der Waals surface area contributed by atoms with Crippen LogP contribution in [0.2, 0.25) is 0 Å². The Morgan fingerprint density at radius 3 is 2.77 bits per heavy atom. The van der Waals surface area contributed by atoms with Crippen molar-refractivity contribution in [1.82, 2.24) is 10.2 Å². The summed E-state index contributed by atoms with van der Waals surface area (Å²) in [5, 5.41) is 2.90. The lowest BCUT2D eigenvalue weighted by Gasteiger charge is -2.23. The molecule has 1 aromatic heterocycles. The highest BCUT2D eigenvalue weighted by atomic mass is 16.5. The Morgan fingerprint density at radius 1 is 1.23 bits per heavy atom. The van der Waals surface area contributed by atoms with Crippen molar-refractivity contribution in [2.45, 2.75) is 25.4 Å². The molecular weight excluding hydrogens is 336 g/mol. The molecule has 1 fully saturated rings. The van der Waals surface area contributed by atoms with Crippen LogP contribution in [0.25, 0.3) is 0 Å². The van der Waals surface area contributed by atoms with Gasteiger partial charge in [0.05, 0.1) is 20.5 Å². The van der Waals surface area contributed by atoms with E-state index in [1.54, 1.807) is 37.3 Å². The standard InChI is InChI=1S/C19H22N2O5/c1-24-15-8-3-6-13(17(15)25-2)12-20-18(22)14-7-4-10-21(14)19(23)16-9-5-11-26-16/h3,5-6,8-9,11,14H,4,7,10,12H2,1-2H3,(H,20,22). The third-order valence-corrected chi connectivity index (χ3v) is 4.49. The average molecular weight is 358 g/mol. The summed E-state index contributed by atoms with van der Waals surface area (Å²) in [4.78, 5) is 26.7.